The molecule has 0 bridgehead atoms. The van der Waals surface area contributed by atoms with Gasteiger partial charge in [-0.2, -0.15) is 0 Å². The van der Waals surface area contributed by atoms with Gasteiger partial charge >= 0.3 is 0 Å². The molecule has 0 spiro atoms. The summed E-state index contributed by atoms with van der Waals surface area (Å²) in [7, 11) is -3.35. The highest BCUT2D eigenvalue weighted by molar-refractivity contribution is 7.89. The van der Waals surface area contributed by atoms with Gasteiger partial charge < -0.3 is 10.4 Å². The van der Waals surface area contributed by atoms with E-state index in [1.54, 1.807) is 12.1 Å². The maximum Gasteiger partial charge on any atom is 0.209 e. The van der Waals surface area contributed by atoms with Crippen LogP contribution in [0.2, 0.25) is 0 Å². The van der Waals surface area contributed by atoms with Crippen LogP contribution >= 0.6 is 0 Å². The first-order valence-corrected chi connectivity index (χ1v) is 8.10. The molecular formula is C13H22N2O3S. The van der Waals surface area contributed by atoms with Gasteiger partial charge in [0.15, 0.2) is 0 Å². The second-order valence-electron chi connectivity index (χ2n) is 4.78. The lowest BCUT2D eigenvalue weighted by atomic mass is 10.1. The number of primary sulfonamides is 1. The fraction of sp³-hybridized carbons (Fsp3) is 0.538. The zero-order chi connectivity index (χ0) is 14.3. The fourth-order valence-corrected chi connectivity index (χ4v) is 2.32. The molecule has 0 heterocycles. The van der Waals surface area contributed by atoms with Crippen LogP contribution in [-0.2, 0) is 16.4 Å². The van der Waals surface area contributed by atoms with Gasteiger partial charge in [0.1, 0.15) is 5.75 Å². The Kier molecular flexibility index (Phi) is 6.27. The average molecular weight is 286 g/mol. The van der Waals surface area contributed by atoms with E-state index in [4.69, 9.17) is 5.14 Å². The van der Waals surface area contributed by atoms with Crippen molar-refractivity contribution in [2.24, 2.45) is 5.14 Å². The van der Waals surface area contributed by atoms with Crippen LogP contribution in [0.25, 0.3) is 0 Å². The van der Waals surface area contributed by atoms with Gasteiger partial charge in [0.2, 0.25) is 10.0 Å². The smallest absolute Gasteiger partial charge is 0.209 e. The molecule has 1 atom stereocenters. The maximum absolute atomic E-state index is 10.7. The van der Waals surface area contributed by atoms with E-state index < -0.39 is 10.0 Å². The van der Waals surface area contributed by atoms with E-state index in [2.05, 4.69) is 12.2 Å². The maximum atomic E-state index is 10.7. The van der Waals surface area contributed by atoms with Crippen molar-refractivity contribution in [2.75, 3.05) is 12.3 Å². The van der Waals surface area contributed by atoms with Crippen LogP contribution in [0.15, 0.2) is 24.3 Å². The summed E-state index contributed by atoms with van der Waals surface area (Å²) < 4.78 is 21.5. The Balaban J connectivity index is 2.17. The predicted octanol–water partition coefficient (Wildman–Crippen LogP) is 0.982. The molecule has 0 amide bonds. The van der Waals surface area contributed by atoms with Crippen molar-refractivity contribution in [3.63, 3.8) is 0 Å². The van der Waals surface area contributed by atoms with Gasteiger partial charge in [0.05, 0.1) is 5.75 Å². The van der Waals surface area contributed by atoms with E-state index in [1.807, 2.05) is 12.1 Å². The van der Waals surface area contributed by atoms with Gasteiger partial charge in [-0.15, -0.1) is 0 Å². The minimum absolute atomic E-state index is 0.0185. The molecule has 1 rings (SSSR count). The summed E-state index contributed by atoms with van der Waals surface area (Å²) in [6, 6.07) is 7.49. The molecule has 0 aliphatic carbocycles. The van der Waals surface area contributed by atoms with E-state index in [9.17, 15) is 13.5 Å². The molecule has 0 aliphatic rings. The van der Waals surface area contributed by atoms with E-state index in [1.165, 1.54) is 5.56 Å². The van der Waals surface area contributed by atoms with Crippen molar-refractivity contribution in [1.29, 1.82) is 0 Å². The number of aryl methyl sites for hydroxylation is 1. The van der Waals surface area contributed by atoms with Crippen molar-refractivity contribution in [1.82, 2.24) is 5.32 Å². The number of aromatic hydroxyl groups is 1. The number of hydrogen-bond acceptors (Lipinski definition) is 4. The van der Waals surface area contributed by atoms with Crippen LogP contribution < -0.4 is 10.5 Å². The van der Waals surface area contributed by atoms with Crippen molar-refractivity contribution in [3.05, 3.63) is 29.8 Å². The average Bonchev–Trinajstić information content (AvgIpc) is 2.33. The first-order chi connectivity index (χ1) is 8.87. The quantitative estimate of drug-likeness (QED) is 0.621. The number of rotatable bonds is 8. The molecule has 1 aromatic rings. The minimum atomic E-state index is -3.35. The molecular weight excluding hydrogens is 264 g/mol. The van der Waals surface area contributed by atoms with Crippen molar-refractivity contribution in [2.45, 2.75) is 32.2 Å². The number of phenolic OH excluding ortho intramolecular Hbond substituents is 1. The summed E-state index contributed by atoms with van der Waals surface area (Å²) in [6.45, 7) is 2.71. The van der Waals surface area contributed by atoms with Crippen LogP contribution in [0.3, 0.4) is 0 Å². The Morgan fingerprint density at radius 1 is 1.32 bits per heavy atom. The third kappa shape index (κ3) is 7.81. The van der Waals surface area contributed by atoms with Crippen LogP contribution in [0.4, 0.5) is 0 Å². The number of benzene rings is 1. The Bertz CT molecular complexity index is 471. The monoisotopic (exact) mass is 286 g/mol. The Morgan fingerprint density at radius 3 is 2.53 bits per heavy atom. The topological polar surface area (TPSA) is 92.4 Å². The first kappa shape index (κ1) is 15.9. The van der Waals surface area contributed by atoms with Crippen molar-refractivity contribution >= 4 is 10.0 Å². The fourth-order valence-electron chi connectivity index (χ4n) is 1.77. The lowest BCUT2D eigenvalue weighted by Crippen LogP contribution is -2.29. The van der Waals surface area contributed by atoms with Crippen LogP contribution in [0.5, 0.6) is 5.75 Å². The zero-order valence-corrected chi connectivity index (χ0v) is 12.0. The molecule has 4 N–H and O–H groups in total. The number of sulfonamides is 1. The molecule has 1 aromatic carbocycles. The summed E-state index contributed by atoms with van der Waals surface area (Å²) >= 11 is 0. The van der Waals surface area contributed by atoms with Gasteiger partial charge in [-0.1, -0.05) is 12.1 Å². The molecule has 19 heavy (non-hydrogen) atoms. The summed E-state index contributed by atoms with van der Waals surface area (Å²) in [5.41, 5.74) is 1.18. The summed E-state index contributed by atoms with van der Waals surface area (Å²) in [4.78, 5) is 0. The lowest BCUT2D eigenvalue weighted by Gasteiger charge is -2.13. The molecule has 0 aliphatic heterocycles. The SMILES string of the molecule is CC(CCc1ccc(O)cc1)NCCCS(N)(=O)=O. The summed E-state index contributed by atoms with van der Waals surface area (Å²) in [6.07, 6.45) is 2.41. The van der Waals surface area contributed by atoms with Crippen LogP contribution in [0, 0.1) is 0 Å². The van der Waals surface area contributed by atoms with Crippen LogP contribution in [0.1, 0.15) is 25.3 Å². The normalized spacial score (nSPS) is 13.4. The van der Waals surface area contributed by atoms with E-state index in [0.29, 0.717) is 19.0 Å². The third-order valence-electron chi connectivity index (χ3n) is 2.90. The molecule has 5 nitrogen and oxygen atoms in total. The van der Waals surface area contributed by atoms with Gasteiger partial charge in [-0.25, -0.2) is 13.6 Å². The number of nitrogens with two attached hydrogens (primary N) is 1. The van der Waals surface area contributed by atoms with Crippen molar-refractivity contribution < 1.29 is 13.5 Å². The number of hydrogen-bond donors (Lipinski definition) is 3. The second-order valence-corrected chi connectivity index (χ2v) is 6.51. The highest BCUT2D eigenvalue weighted by Crippen LogP contribution is 2.11. The van der Waals surface area contributed by atoms with E-state index in [-0.39, 0.29) is 11.5 Å². The van der Waals surface area contributed by atoms with Gasteiger partial charge in [0, 0.05) is 6.04 Å². The highest BCUT2D eigenvalue weighted by Gasteiger charge is 2.04. The second kappa shape index (κ2) is 7.47. The highest BCUT2D eigenvalue weighted by atomic mass is 32.2. The summed E-state index contributed by atoms with van der Waals surface area (Å²) in [5, 5.41) is 17.4. The largest absolute Gasteiger partial charge is 0.508 e. The Labute approximate surface area is 114 Å². The first-order valence-electron chi connectivity index (χ1n) is 6.38. The number of phenols is 1. The zero-order valence-electron chi connectivity index (χ0n) is 11.2. The predicted molar refractivity (Wildman–Crippen MR) is 76.5 cm³/mol. The minimum Gasteiger partial charge on any atom is -0.508 e. The van der Waals surface area contributed by atoms with Crippen LogP contribution in [-0.4, -0.2) is 31.9 Å². The Hall–Kier alpha value is -1.11. The van der Waals surface area contributed by atoms with Crippen molar-refractivity contribution in [3.8, 4) is 5.75 Å². The molecule has 0 saturated heterocycles. The van der Waals surface area contributed by atoms with Gasteiger partial charge in [-0.05, 0) is 50.4 Å². The molecule has 0 saturated carbocycles. The third-order valence-corrected chi connectivity index (χ3v) is 3.76. The van der Waals surface area contributed by atoms with E-state index >= 15 is 0 Å². The molecule has 6 heteroatoms. The molecule has 1 unspecified atom stereocenters. The lowest BCUT2D eigenvalue weighted by molar-refractivity contribution is 0.474. The van der Waals surface area contributed by atoms with Gasteiger partial charge in [0.25, 0.3) is 0 Å². The Morgan fingerprint density at radius 2 is 1.95 bits per heavy atom. The standard InChI is InChI=1S/C13H22N2O3S/c1-11(15-9-2-10-19(14,17)18)3-4-12-5-7-13(16)8-6-12/h5-8,11,15-16H,2-4,9-10H2,1H3,(H2,14,17,18). The van der Waals surface area contributed by atoms with E-state index in [0.717, 1.165) is 12.8 Å². The number of nitrogens with one attached hydrogen (secondary N) is 1. The summed E-state index contributed by atoms with van der Waals surface area (Å²) in [5.74, 6) is 0.294. The molecule has 0 radical (unpaired) electrons. The molecule has 0 fully saturated rings. The molecule has 108 valence electrons. The van der Waals surface area contributed by atoms with Gasteiger partial charge in [-0.3, -0.25) is 0 Å². The molecule has 0 aromatic heterocycles.